The van der Waals surface area contributed by atoms with Gasteiger partial charge in [-0.25, -0.2) is 14.8 Å². The minimum atomic E-state index is -0.756. The lowest BCUT2D eigenvalue weighted by Crippen LogP contribution is -2.40. The minimum absolute atomic E-state index is 0.0922. The van der Waals surface area contributed by atoms with Gasteiger partial charge < -0.3 is 19.7 Å². The van der Waals surface area contributed by atoms with E-state index >= 15 is 0 Å². The molecule has 4 amide bonds. The fourth-order valence-corrected chi connectivity index (χ4v) is 11.4. The van der Waals surface area contributed by atoms with Gasteiger partial charge in [-0.3, -0.25) is 39.4 Å². The van der Waals surface area contributed by atoms with Crippen LogP contribution in [0.25, 0.3) is 32.2 Å². The van der Waals surface area contributed by atoms with E-state index in [2.05, 4.69) is 41.9 Å². The number of ether oxygens (including phenoxy) is 2. The molecular formula is C57H61N9O7S. The number of benzene rings is 4. The second kappa shape index (κ2) is 21.2. The number of nitrogens with one attached hydrogen (secondary N) is 3. The summed E-state index contributed by atoms with van der Waals surface area (Å²) in [6.45, 7) is 11.1. The Balaban J connectivity index is 0.764. The largest absolute Gasteiger partial charge is 0.493 e. The third-order valence-electron chi connectivity index (χ3n) is 14.1. The maximum Gasteiger partial charge on any atom is 0.358 e. The van der Waals surface area contributed by atoms with Crippen LogP contribution in [0.5, 0.6) is 5.75 Å². The molecule has 3 aliphatic heterocycles. The second-order valence-corrected chi connectivity index (χ2v) is 21.6. The highest BCUT2D eigenvalue weighted by Crippen LogP contribution is 2.37. The van der Waals surface area contributed by atoms with E-state index in [1.165, 1.54) is 11.3 Å². The standard InChI is InChI=1S/C57H61N9O7S/c1-34-38(39-22-24-48(60-52(39)55(71)73-57(2,3)4)66-28-26-36-14-8-16-40(43(36)32-66)53(69)62-56-59-44-17-6-7-19-47(44)74-56)15-9-18-46(34)72-29-11-13-35-12-10-27-65(31-35)33-50(68)58-37-20-21-41-45(30-37)64(5)63-51(41)42-23-25-49(67)61-54(42)70/h6-9,14-22,24,30,35,42H,10-13,23,25-29,31-33H2,1-5H3,(H,58,68)(H,59,62,69)(H,61,67,70)/t35-,42?/m0/s1. The number of hydrogen-bond donors (Lipinski definition) is 3. The molecular weight excluding hydrogens is 955 g/mol. The number of aryl methyl sites for hydroxylation is 1. The van der Waals surface area contributed by atoms with Gasteiger partial charge in [-0.15, -0.1) is 0 Å². The van der Waals surface area contributed by atoms with E-state index in [0.717, 1.165) is 87.9 Å². The molecule has 2 fully saturated rings. The molecule has 6 heterocycles. The molecule has 10 rings (SSSR count). The SMILES string of the molecule is Cc1c(OCCC[C@@H]2CCCN(CC(=O)Nc3ccc4c(C5CCC(=O)NC5=O)nn(C)c4c3)C2)cccc1-c1ccc(N2CCc3cccc(C(=O)Nc4nc5ccccc5s4)c3C2)nc1C(=O)OC(C)(C)C. The quantitative estimate of drug-likeness (QED) is 0.0533. The first-order valence-electron chi connectivity index (χ1n) is 25.5. The molecule has 4 aromatic carbocycles. The molecule has 2 atom stereocenters. The molecule has 16 nitrogen and oxygen atoms in total. The smallest absolute Gasteiger partial charge is 0.358 e. The lowest BCUT2D eigenvalue weighted by molar-refractivity contribution is -0.134. The number of pyridine rings is 1. The summed E-state index contributed by atoms with van der Waals surface area (Å²) in [6, 6.07) is 29.0. The summed E-state index contributed by atoms with van der Waals surface area (Å²) in [5.74, 6) is -0.174. The van der Waals surface area contributed by atoms with E-state index in [1.54, 1.807) is 4.68 Å². The Morgan fingerprint density at radius 2 is 1.73 bits per heavy atom. The third-order valence-corrected chi connectivity index (χ3v) is 15.1. The fourth-order valence-electron chi connectivity index (χ4n) is 10.5. The number of nitrogens with zero attached hydrogens (tertiary/aromatic N) is 6. The van der Waals surface area contributed by atoms with Crippen LogP contribution in [0.2, 0.25) is 0 Å². The number of aromatic nitrogens is 4. The number of esters is 1. The van der Waals surface area contributed by atoms with Crippen LogP contribution in [-0.2, 0) is 39.1 Å². The van der Waals surface area contributed by atoms with Crippen LogP contribution in [0.1, 0.15) is 108 Å². The fraction of sp³-hybridized carbons (Fsp3) is 0.368. The predicted octanol–water partition coefficient (Wildman–Crippen LogP) is 9.35. The van der Waals surface area contributed by atoms with Gasteiger partial charge in [0.2, 0.25) is 17.7 Å². The third kappa shape index (κ3) is 11.0. The number of thiazole rings is 1. The number of imide groups is 1. The number of hydrogen-bond acceptors (Lipinski definition) is 13. The first-order valence-corrected chi connectivity index (χ1v) is 26.3. The van der Waals surface area contributed by atoms with Crippen molar-refractivity contribution in [1.29, 1.82) is 0 Å². The van der Waals surface area contributed by atoms with E-state index in [0.29, 0.717) is 71.9 Å². The zero-order valence-corrected chi connectivity index (χ0v) is 43.3. The van der Waals surface area contributed by atoms with Crippen LogP contribution >= 0.6 is 11.3 Å². The van der Waals surface area contributed by atoms with E-state index in [1.807, 2.05) is 120 Å². The van der Waals surface area contributed by atoms with Gasteiger partial charge in [0.25, 0.3) is 5.91 Å². The van der Waals surface area contributed by atoms with Gasteiger partial charge >= 0.3 is 5.97 Å². The van der Waals surface area contributed by atoms with Crippen molar-refractivity contribution >= 4 is 78.7 Å². The summed E-state index contributed by atoms with van der Waals surface area (Å²) in [7, 11) is 1.81. The van der Waals surface area contributed by atoms with Gasteiger partial charge in [-0.2, -0.15) is 5.10 Å². The second-order valence-electron chi connectivity index (χ2n) is 20.6. The molecule has 382 valence electrons. The Morgan fingerprint density at radius 3 is 2.55 bits per heavy atom. The lowest BCUT2D eigenvalue weighted by atomic mass is 9.93. The Labute approximate surface area is 433 Å². The van der Waals surface area contributed by atoms with E-state index < -0.39 is 17.5 Å². The van der Waals surface area contributed by atoms with E-state index in [9.17, 15) is 24.0 Å². The molecule has 3 N–H and O–H groups in total. The maximum absolute atomic E-state index is 14.1. The normalized spacial score (nSPS) is 17.2. The number of rotatable bonds is 14. The number of carbonyl (C=O) groups excluding carboxylic acids is 5. The molecule has 0 saturated carbocycles. The van der Waals surface area contributed by atoms with E-state index in [-0.39, 0.29) is 42.3 Å². The zero-order valence-electron chi connectivity index (χ0n) is 42.5. The van der Waals surface area contributed by atoms with Crippen molar-refractivity contribution in [3.05, 3.63) is 125 Å². The number of amides is 4. The van der Waals surface area contributed by atoms with Gasteiger partial charge in [-0.05, 0) is 156 Å². The van der Waals surface area contributed by atoms with Crippen LogP contribution < -0.4 is 25.6 Å². The summed E-state index contributed by atoms with van der Waals surface area (Å²) in [5.41, 5.74) is 7.30. The first kappa shape index (κ1) is 50.1. The number of anilines is 3. The highest BCUT2D eigenvalue weighted by Gasteiger charge is 2.32. The Kier molecular flexibility index (Phi) is 14.3. The molecule has 7 aromatic rings. The lowest BCUT2D eigenvalue weighted by Gasteiger charge is -2.32. The van der Waals surface area contributed by atoms with Gasteiger partial charge in [0, 0.05) is 55.3 Å². The maximum atomic E-state index is 14.1. The summed E-state index contributed by atoms with van der Waals surface area (Å²) in [4.78, 5) is 79.5. The summed E-state index contributed by atoms with van der Waals surface area (Å²) in [6.07, 6.45) is 5.27. The molecule has 0 bridgehead atoms. The first-order chi connectivity index (χ1) is 35.6. The van der Waals surface area contributed by atoms with Crippen LogP contribution in [0.15, 0.2) is 91.0 Å². The highest BCUT2D eigenvalue weighted by atomic mass is 32.1. The number of piperidine rings is 2. The van der Waals surface area contributed by atoms with Gasteiger partial charge in [0.1, 0.15) is 17.2 Å². The van der Waals surface area contributed by atoms with Crippen LogP contribution in [-0.4, -0.2) is 92.6 Å². The van der Waals surface area contributed by atoms with Gasteiger partial charge in [0.15, 0.2) is 10.8 Å². The summed E-state index contributed by atoms with van der Waals surface area (Å²) in [5, 5.41) is 14.5. The minimum Gasteiger partial charge on any atom is -0.493 e. The molecule has 0 aliphatic carbocycles. The van der Waals surface area contributed by atoms with Crippen molar-refractivity contribution < 1.29 is 33.4 Å². The molecule has 0 radical (unpaired) electrons. The van der Waals surface area contributed by atoms with Crippen molar-refractivity contribution in [2.45, 2.75) is 90.7 Å². The summed E-state index contributed by atoms with van der Waals surface area (Å²) >= 11 is 1.44. The number of fused-ring (bicyclic) bond motifs is 3. The zero-order chi connectivity index (χ0) is 51.7. The average molecular weight is 1020 g/mol. The van der Waals surface area contributed by atoms with Crippen LogP contribution in [0.3, 0.4) is 0 Å². The van der Waals surface area contributed by atoms with Gasteiger partial charge in [-0.1, -0.05) is 47.7 Å². The topological polar surface area (TPSA) is 190 Å². The monoisotopic (exact) mass is 1020 g/mol. The number of para-hydroxylation sites is 1. The van der Waals surface area contributed by atoms with Gasteiger partial charge in [0.05, 0.1) is 40.5 Å². The van der Waals surface area contributed by atoms with Crippen molar-refractivity contribution in [2.24, 2.45) is 13.0 Å². The Bertz CT molecular complexity index is 3290. The molecule has 3 aliphatic rings. The van der Waals surface area contributed by atoms with Crippen molar-refractivity contribution in [3.8, 4) is 16.9 Å². The predicted molar refractivity (Wildman–Crippen MR) is 287 cm³/mol. The molecule has 17 heteroatoms. The van der Waals surface area contributed by atoms with Crippen LogP contribution in [0, 0.1) is 12.8 Å². The van der Waals surface area contributed by atoms with Crippen molar-refractivity contribution in [3.63, 3.8) is 0 Å². The molecule has 0 spiro atoms. The van der Waals surface area contributed by atoms with E-state index in [4.69, 9.17) is 14.5 Å². The molecule has 74 heavy (non-hydrogen) atoms. The highest BCUT2D eigenvalue weighted by molar-refractivity contribution is 7.22. The van der Waals surface area contributed by atoms with Crippen molar-refractivity contribution in [2.75, 3.05) is 48.3 Å². The molecule has 3 aromatic heterocycles. The Morgan fingerprint density at radius 1 is 0.892 bits per heavy atom. The van der Waals surface area contributed by atoms with Crippen LogP contribution in [0.4, 0.5) is 16.6 Å². The number of likely N-dealkylation sites (tertiary alicyclic amines) is 1. The average Bonchev–Trinajstić information content (AvgIpc) is 3.94. The molecule has 1 unspecified atom stereocenters. The summed E-state index contributed by atoms with van der Waals surface area (Å²) < 4.78 is 15.1. The number of carbonyl (C=O) groups is 5. The Hall–Kier alpha value is -7.50. The molecule has 2 saturated heterocycles. The van der Waals surface area contributed by atoms with Crippen molar-refractivity contribution in [1.82, 2.24) is 30.0 Å².